The standard InChI is InChI=1S/C31H63NO2.Na/c1-4-7-9-11-13-15-17-19-21-23-25-28-32(30(27-6-3)31(33)34)29-26-24-22-20-18-16-14-12-10-8-5-2;/h30H,4-29H2,1-3H3,(H,33,34);/q;+1/p-1. The van der Waals surface area contributed by atoms with Gasteiger partial charge in [-0.3, -0.25) is 4.90 Å². The molecule has 1 unspecified atom stereocenters. The van der Waals surface area contributed by atoms with Crippen LogP contribution in [-0.4, -0.2) is 30.0 Å². The van der Waals surface area contributed by atoms with Crippen LogP contribution in [0.25, 0.3) is 0 Å². The van der Waals surface area contributed by atoms with Gasteiger partial charge in [0.25, 0.3) is 0 Å². The molecular formula is C31H62NNaO2. The van der Waals surface area contributed by atoms with Gasteiger partial charge in [0.05, 0.1) is 5.97 Å². The van der Waals surface area contributed by atoms with Crippen molar-refractivity contribution in [3.8, 4) is 0 Å². The second kappa shape index (κ2) is 30.7. The van der Waals surface area contributed by atoms with E-state index in [1.54, 1.807) is 0 Å². The van der Waals surface area contributed by atoms with Gasteiger partial charge < -0.3 is 9.90 Å². The Kier molecular flexibility index (Phi) is 32.9. The van der Waals surface area contributed by atoms with Gasteiger partial charge in [-0.15, -0.1) is 0 Å². The van der Waals surface area contributed by atoms with Crippen LogP contribution in [0.1, 0.15) is 175 Å². The molecule has 0 fully saturated rings. The normalized spacial score (nSPS) is 12.1. The van der Waals surface area contributed by atoms with Crippen LogP contribution in [0.15, 0.2) is 0 Å². The Morgan fingerprint density at radius 2 is 0.800 bits per heavy atom. The first kappa shape index (κ1) is 37.6. The van der Waals surface area contributed by atoms with Crippen molar-refractivity contribution in [2.24, 2.45) is 0 Å². The Morgan fingerprint density at radius 3 is 1.06 bits per heavy atom. The monoisotopic (exact) mass is 503 g/mol. The van der Waals surface area contributed by atoms with E-state index in [0.717, 1.165) is 38.8 Å². The first-order chi connectivity index (χ1) is 16.7. The molecule has 4 heteroatoms. The van der Waals surface area contributed by atoms with Crippen molar-refractivity contribution >= 4 is 5.97 Å². The van der Waals surface area contributed by atoms with E-state index in [9.17, 15) is 9.90 Å². The van der Waals surface area contributed by atoms with Crippen LogP contribution in [-0.2, 0) is 4.79 Å². The third kappa shape index (κ3) is 25.8. The quantitative estimate of drug-likeness (QED) is 0.0996. The molecule has 0 bridgehead atoms. The fraction of sp³-hybridized carbons (Fsp3) is 0.968. The predicted molar refractivity (Wildman–Crippen MR) is 148 cm³/mol. The number of carboxylic acid groups (broad SMARTS) is 1. The summed E-state index contributed by atoms with van der Waals surface area (Å²) in [5, 5.41) is 11.8. The number of carbonyl (C=O) groups is 1. The van der Waals surface area contributed by atoms with Crippen LogP contribution in [0, 0.1) is 0 Å². The minimum atomic E-state index is -0.868. The minimum absolute atomic E-state index is 0. The molecule has 0 aromatic rings. The molecule has 0 spiro atoms. The number of carboxylic acids is 1. The van der Waals surface area contributed by atoms with Crippen molar-refractivity contribution < 1.29 is 39.5 Å². The van der Waals surface area contributed by atoms with Crippen molar-refractivity contribution in [2.45, 2.75) is 181 Å². The van der Waals surface area contributed by atoms with Crippen molar-refractivity contribution in [3.05, 3.63) is 0 Å². The minimum Gasteiger partial charge on any atom is -0.548 e. The number of rotatable bonds is 28. The number of hydrogen-bond acceptors (Lipinski definition) is 3. The molecule has 1 atom stereocenters. The summed E-state index contributed by atoms with van der Waals surface area (Å²) in [6, 6.07) is -0.392. The Bertz CT molecular complexity index is 393. The fourth-order valence-corrected chi connectivity index (χ4v) is 5.10. The molecule has 204 valence electrons. The van der Waals surface area contributed by atoms with Crippen molar-refractivity contribution in [1.29, 1.82) is 0 Å². The van der Waals surface area contributed by atoms with E-state index >= 15 is 0 Å². The summed E-state index contributed by atoms with van der Waals surface area (Å²) in [6.07, 6.45) is 31.0. The van der Waals surface area contributed by atoms with Crippen LogP contribution in [0.5, 0.6) is 0 Å². The van der Waals surface area contributed by atoms with Gasteiger partial charge in [0.15, 0.2) is 0 Å². The van der Waals surface area contributed by atoms with Gasteiger partial charge in [-0.05, 0) is 32.4 Å². The summed E-state index contributed by atoms with van der Waals surface area (Å²) in [5.74, 6) is -0.868. The molecule has 0 N–H and O–H groups in total. The molecule has 0 aromatic carbocycles. The van der Waals surface area contributed by atoms with Crippen LogP contribution in [0.3, 0.4) is 0 Å². The van der Waals surface area contributed by atoms with E-state index < -0.39 is 12.0 Å². The molecule has 0 saturated heterocycles. The van der Waals surface area contributed by atoms with Gasteiger partial charge in [-0.1, -0.05) is 156 Å². The van der Waals surface area contributed by atoms with E-state index in [4.69, 9.17) is 0 Å². The smallest absolute Gasteiger partial charge is 0.548 e. The molecule has 3 nitrogen and oxygen atoms in total. The second-order valence-electron chi connectivity index (χ2n) is 10.7. The van der Waals surface area contributed by atoms with Crippen LogP contribution in [0.2, 0.25) is 0 Å². The Hall–Kier alpha value is 0.430. The van der Waals surface area contributed by atoms with E-state index in [2.05, 4.69) is 25.7 Å². The molecule has 35 heavy (non-hydrogen) atoms. The Balaban J connectivity index is 0. The molecule has 0 aliphatic carbocycles. The molecule has 0 heterocycles. The Labute approximate surface area is 243 Å². The van der Waals surface area contributed by atoms with E-state index in [1.807, 2.05) is 0 Å². The van der Waals surface area contributed by atoms with Gasteiger partial charge in [0, 0.05) is 6.04 Å². The SMILES string of the molecule is CCCCCCCCCCCCCN(CCCCCCCCCCCCC)C(CCC)C(=O)[O-].[Na+]. The third-order valence-electron chi connectivity index (χ3n) is 7.37. The van der Waals surface area contributed by atoms with Gasteiger partial charge in [0.1, 0.15) is 0 Å². The zero-order valence-electron chi connectivity index (χ0n) is 24.7. The van der Waals surface area contributed by atoms with Crippen LogP contribution < -0.4 is 34.7 Å². The van der Waals surface area contributed by atoms with Gasteiger partial charge in [0.2, 0.25) is 0 Å². The van der Waals surface area contributed by atoms with Gasteiger partial charge in [-0.25, -0.2) is 0 Å². The number of nitrogens with zero attached hydrogens (tertiary/aromatic N) is 1. The number of carbonyl (C=O) groups excluding carboxylic acids is 1. The Morgan fingerprint density at radius 1 is 0.514 bits per heavy atom. The van der Waals surface area contributed by atoms with E-state index in [-0.39, 0.29) is 29.6 Å². The summed E-state index contributed by atoms with van der Waals surface area (Å²) in [5.41, 5.74) is 0. The van der Waals surface area contributed by atoms with E-state index in [0.29, 0.717) is 0 Å². The number of unbranched alkanes of at least 4 members (excludes halogenated alkanes) is 20. The number of hydrogen-bond donors (Lipinski definition) is 0. The first-order valence-corrected chi connectivity index (χ1v) is 15.6. The van der Waals surface area contributed by atoms with Gasteiger partial charge >= 0.3 is 29.6 Å². The van der Waals surface area contributed by atoms with E-state index in [1.165, 1.54) is 128 Å². The van der Waals surface area contributed by atoms with Crippen LogP contribution in [0.4, 0.5) is 0 Å². The van der Waals surface area contributed by atoms with Crippen molar-refractivity contribution in [1.82, 2.24) is 4.90 Å². The molecule has 0 aromatic heterocycles. The largest absolute Gasteiger partial charge is 1.00 e. The predicted octanol–water partition coefficient (Wildman–Crippen LogP) is 5.83. The summed E-state index contributed by atoms with van der Waals surface area (Å²) < 4.78 is 0. The summed E-state index contributed by atoms with van der Waals surface area (Å²) in [7, 11) is 0. The maximum Gasteiger partial charge on any atom is 1.00 e. The molecule has 0 amide bonds. The molecular weight excluding hydrogens is 441 g/mol. The zero-order valence-corrected chi connectivity index (χ0v) is 26.7. The van der Waals surface area contributed by atoms with Crippen molar-refractivity contribution in [2.75, 3.05) is 13.1 Å². The molecule has 0 rings (SSSR count). The average Bonchev–Trinajstić information content (AvgIpc) is 2.83. The maximum absolute atomic E-state index is 11.8. The third-order valence-corrected chi connectivity index (χ3v) is 7.37. The fourth-order valence-electron chi connectivity index (χ4n) is 5.10. The zero-order chi connectivity index (χ0) is 25.1. The number of aliphatic carboxylic acids is 1. The molecule has 0 aliphatic rings. The van der Waals surface area contributed by atoms with Crippen molar-refractivity contribution in [3.63, 3.8) is 0 Å². The molecule has 0 saturated carbocycles. The first-order valence-electron chi connectivity index (χ1n) is 15.6. The summed E-state index contributed by atoms with van der Waals surface area (Å²) in [4.78, 5) is 14.0. The van der Waals surface area contributed by atoms with Gasteiger partial charge in [-0.2, -0.15) is 0 Å². The molecule has 0 aliphatic heterocycles. The summed E-state index contributed by atoms with van der Waals surface area (Å²) >= 11 is 0. The summed E-state index contributed by atoms with van der Waals surface area (Å²) in [6.45, 7) is 8.48. The second-order valence-corrected chi connectivity index (χ2v) is 10.7. The average molecular weight is 504 g/mol. The topological polar surface area (TPSA) is 43.4 Å². The van der Waals surface area contributed by atoms with Crippen LogP contribution >= 0.6 is 0 Å². The maximum atomic E-state index is 11.8. The molecule has 0 radical (unpaired) electrons.